The molecular weight excluding hydrogens is 438 g/mol. The molecule has 0 aromatic heterocycles. The predicted molar refractivity (Wildman–Crippen MR) is 149 cm³/mol. The molecule has 1 heterocycles. The Kier molecular flexibility index (Phi) is 7.36. The van der Waals surface area contributed by atoms with Crippen molar-refractivity contribution in [3.05, 3.63) is 143 Å². The molecule has 2 heteroatoms. The summed E-state index contributed by atoms with van der Waals surface area (Å²) in [6, 6.07) is 41.5. The highest BCUT2D eigenvalue weighted by molar-refractivity contribution is 5.50. The molecule has 1 saturated heterocycles. The van der Waals surface area contributed by atoms with Crippen LogP contribution in [0.1, 0.15) is 47.1 Å². The number of piperidine rings is 1. The molecule has 4 aromatic rings. The van der Waals surface area contributed by atoms with Gasteiger partial charge in [-0.05, 0) is 55.0 Å². The number of likely N-dealkylation sites (tertiary alicyclic amines) is 1. The summed E-state index contributed by atoms with van der Waals surface area (Å²) >= 11 is 0. The van der Waals surface area contributed by atoms with Crippen molar-refractivity contribution in [2.24, 2.45) is 0 Å². The average molecular weight is 476 g/mol. The smallest absolute Gasteiger partial charge is 0.0712 e. The maximum atomic E-state index is 11.3. The lowest BCUT2D eigenvalue weighted by molar-refractivity contribution is -0.0213. The zero-order valence-corrected chi connectivity index (χ0v) is 21.3. The molecule has 0 radical (unpaired) electrons. The molecule has 0 saturated carbocycles. The van der Waals surface area contributed by atoms with Crippen molar-refractivity contribution in [3.63, 3.8) is 0 Å². The Balaban J connectivity index is 1.40. The molecule has 0 spiro atoms. The highest BCUT2D eigenvalue weighted by Gasteiger charge is 2.38. The average Bonchev–Trinajstić information content (AvgIpc) is 2.93. The van der Waals surface area contributed by atoms with E-state index in [0.29, 0.717) is 0 Å². The van der Waals surface area contributed by atoms with E-state index >= 15 is 0 Å². The zero-order chi connectivity index (χ0) is 24.8. The van der Waals surface area contributed by atoms with Gasteiger partial charge < -0.3 is 10.0 Å². The molecule has 5 rings (SSSR count). The van der Waals surface area contributed by atoms with Crippen LogP contribution in [0.5, 0.6) is 0 Å². The van der Waals surface area contributed by atoms with Crippen LogP contribution in [0.15, 0.2) is 115 Å². The largest absolute Gasteiger partial charge is 0.389 e. The summed E-state index contributed by atoms with van der Waals surface area (Å²) in [7, 11) is 0. The standard InChI is InChI=1S/C34H37NO/c1-28-17-19-32(20-18-28)34(30-13-7-3-8-14-30,31-15-9-4-10-16-31)23-26-35-24-21-33(36,22-25-35)27-29-11-5-2-6-12-29/h2-20,36H,21-27H2,1H3. The van der Waals surface area contributed by atoms with E-state index in [1.165, 1.54) is 27.8 Å². The van der Waals surface area contributed by atoms with Gasteiger partial charge in [-0.15, -0.1) is 0 Å². The van der Waals surface area contributed by atoms with Crippen LogP contribution in [0.25, 0.3) is 0 Å². The summed E-state index contributed by atoms with van der Waals surface area (Å²) in [5.41, 5.74) is 5.67. The van der Waals surface area contributed by atoms with Crippen molar-refractivity contribution in [2.45, 2.75) is 43.6 Å². The molecule has 1 aliphatic heterocycles. The van der Waals surface area contributed by atoms with Gasteiger partial charge in [0.05, 0.1) is 5.60 Å². The van der Waals surface area contributed by atoms with Gasteiger partial charge in [0.2, 0.25) is 0 Å². The van der Waals surface area contributed by atoms with Crippen molar-refractivity contribution >= 4 is 0 Å². The lowest BCUT2D eigenvalue weighted by Gasteiger charge is -2.41. The van der Waals surface area contributed by atoms with E-state index in [1.54, 1.807) is 0 Å². The van der Waals surface area contributed by atoms with Gasteiger partial charge in [-0.1, -0.05) is 121 Å². The van der Waals surface area contributed by atoms with Crippen LogP contribution in [-0.2, 0) is 11.8 Å². The summed E-state index contributed by atoms with van der Waals surface area (Å²) in [6.45, 7) is 4.99. The molecule has 0 unspecified atom stereocenters. The Labute approximate surface area is 216 Å². The van der Waals surface area contributed by atoms with Crippen molar-refractivity contribution in [1.29, 1.82) is 0 Å². The number of nitrogens with zero attached hydrogens (tertiary/aromatic N) is 1. The molecule has 0 aliphatic carbocycles. The summed E-state index contributed by atoms with van der Waals surface area (Å²) in [6.07, 6.45) is 3.36. The van der Waals surface area contributed by atoms with E-state index < -0.39 is 5.60 Å². The van der Waals surface area contributed by atoms with Crippen molar-refractivity contribution in [1.82, 2.24) is 4.90 Å². The quantitative estimate of drug-likeness (QED) is 0.284. The topological polar surface area (TPSA) is 23.5 Å². The second-order valence-electron chi connectivity index (χ2n) is 10.5. The van der Waals surface area contributed by atoms with Gasteiger partial charge in [0.15, 0.2) is 0 Å². The second-order valence-corrected chi connectivity index (χ2v) is 10.5. The van der Waals surface area contributed by atoms with Crippen LogP contribution in [0.4, 0.5) is 0 Å². The molecule has 1 N–H and O–H groups in total. The molecule has 0 amide bonds. The molecule has 0 atom stereocenters. The lowest BCUT2D eigenvalue weighted by atomic mass is 9.67. The van der Waals surface area contributed by atoms with E-state index in [1.807, 2.05) is 6.07 Å². The Hall–Kier alpha value is -3.20. The fraction of sp³-hybridized carbons (Fsp3) is 0.294. The fourth-order valence-electron chi connectivity index (χ4n) is 5.89. The highest BCUT2D eigenvalue weighted by Crippen LogP contribution is 2.42. The van der Waals surface area contributed by atoms with Crippen LogP contribution in [0, 0.1) is 6.92 Å². The van der Waals surface area contributed by atoms with Crippen LogP contribution < -0.4 is 0 Å². The number of hydrogen-bond donors (Lipinski definition) is 1. The van der Waals surface area contributed by atoms with Crippen molar-refractivity contribution < 1.29 is 5.11 Å². The Morgan fingerprint density at radius 1 is 0.667 bits per heavy atom. The first-order valence-electron chi connectivity index (χ1n) is 13.2. The van der Waals surface area contributed by atoms with Crippen LogP contribution in [0.3, 0.4) is 0 Å². The van der Waals surface area contributed by atoms with E-state index in [2.05, 4.69) is 121 Å². The Bertz CT molecular complexity index is 1170. The first kappa shape index (κ1) is 24.5. The first-order valence-corrected chi connectivity index (χ1v) is 13.2. The van der Waals surface area contributed by atoms with E-state index in [-0.39, 0.29) is 5.41 Å². The van der Waals surface area contributed by atoms with Gasteiger partial charge in [0, 0.05) is 24.9 Å². The SMILES string of the molecule is Cc1ccc(C(CCN2CCC(O)(Cc3ccccc3)CC2)(c2ccccc2)c2ccccc2)cc1. The van der Waals surface area contributed by atoms with Gasteiger partial charge in [0.1, 0.15) is 0 Å². The third kappa shape index (κ3) is 5.31. The van der Waals surface area contributed by atoms with E-state index in [0.717, 1.165) is 45.3 Å². The Morgan fingerprint density at radius 3 is 1.67 bits per heavy atom. The molecule has 36 heavy (non-hydrogen) atoms. The van der Waals surface area contributed by atoms with E-state index in [9.17, 15) is 5.11 Å². The highest BCUT2D eigenvalue weighted by atomic mass is 16.3. The number of hydrogen-bond acceptors (Lipinski definition) is 2. The Morgan fingerprint density at radius 2 is 1.14 bits per heavy atom. The zero-order valence-electron chi connectivity index (χ0n) is 21.3. The van der Waals surface area contributed by atoms with Crippen LogP contribution in [0.2, 0.25) is 0 Å². The van der Waals surface area contributed by atoms with Gasteiger partial charge in [-0.2, -0.15) is 0 Å². The number of aliphatic hydroxyl groups is 1. The minimum Gasteiger partial charge on any atom is -0.389 e. The summed E-state index contributed by atoms with van der Waals surface area (Å²) < 4.78 is 0. The fourth-order valence-corrected chi connectivity index (χ4v) is 5.89. The number of benzene rings is 4. The number of rotatable bonds is 8. The minimum atomic E-state index is -0.606. The van der Waals surface area contributed by atoms with Crippen molar-refractivity contribution in [3.8, 4) is 0 Å². The molecular formula is C34H37NO. The van der Waals surface area contributed by atoms with Crippen LogP contribution in [-0.4, -0.2) is 35.2 Å². The second kappa shape index (κ2) is 10.8. The van der Waals surface area contributed by atoms with E-state index in [4.69, 9.17) is 0 Å². The van der Waals surface area contributed by atoms with Gasteiger partial charge in [0.25, 0.3) is 0 Å². The molecule has 4 aromatic carbocycles. The van der Waals surface area contributed by atoms with Crippen molar-refractivity contribution in [2.75, 3.05) is 19.6 Å². The lowest BCUT2D eigenvalue weighted by Crippen LogP contribution is -2.47. The maximum absolute atomic E-state index is 11.3. The summed E-state index contributed by atoms with van der Waals surface area (Å²) in [5, 5.41) is 11.3. The third-order valence-electron chi connectivity index (χ3n) is 8.04. The summed E-state index contributed by atoms with van der Waals surface area (Å²) in [5.74, 6) is 0. The van der Waals surface area contributed by atoms with Gasteiger partial charge >= 0.3 is 0 Å². The minimum absolute atomic E-state index is 0.228. The van der Waals surface area contributed by atoms with Crippen LogP contribution >= 0.6 is 0 Å². The third-order valence-corrected chi connectivity index (χ3v) is 8.04. The molecule has 2 nitrogen and oxygen atoms in total. The molecule has 184 valence electrons. The molecule has 1 aliphatic rings. The maximum Gasteiger partial charge on any atom is 0.0712 e. The summed E-state index contributed by atoms with van der Waals surface area (Å²) in [4.78, 5) is 2.55. The van der Waals surface area contributed by atoms with Gasteiger partial charge in [-0.3, -0.25) is 0 Å². The number of aryl methyl sites for hydroxylation is 1. The van der Waals surface area contributed by atoms with Gasteiger partial charge in [-0.25, -0.2) is 0 Å². The normalized spacial score (nSPS) is 16.1. The first-order chi connectivity index (χ1) is 17.6. The monoisotopic (exact) mass is 475 g/mol. The molecule has 1 fully saturated rings. The predicted octanol–water partition coefficient (Wildman–Crippen LogP) is 6.79. The molecule has 0 bridgehead atoms.